The van der Waals surface area contributed by atoms with Crippen LogP contribution in [0.25, 0.3) is 0 Å². The predicted octanol–water partition coefficient (Wildman–Crippen LogP) is 4.42. The zero-order valence-electron chi connectivity index (χ0n) is 17.9. The maximum Gasteiger partial charge on any atom is 0.410 e. The molecule has 0 saturated carbocycles. The molecule has 0 aromatic heterocycles. The van der Waals surface area contributed by atoms with Gasteiger partial charge in [-0.25, -0.2) is 4.79 Å². The van der Waals surface area contributed by atoms with Gasteiger partial charge in [0.1, 0.15) is 5.60 Å². The van der Waals surface area contributed by atoms with Crippen molar-refractivity contribution in [1.82, 2.24) is 9.80 Å². The van der Waals surface area contributed by atoms with E-state index in [4.69, 9.17) is 4.74 Å². The van der Waals surface area contributed by atoms with E-state index in [-0.39, 0.29) is 18.0 Å². The van der Waals surface area contributed by atoms with E-state index in [1.807, 2.05) is 50.8 Å². The van der Waals surface area contributed by atoms with Gasteiger partial charge in [0, 0.05) is 32.3 Å². The highest BCUT2D eigenvalue weighted by Gasteiger charge is 2.29. The van der Waals surface area contributed by atoms with Gasteiger partial charge in [-0.05, 0) is 58.9 Å². The molecule has 1 aliphatic rings. The van der Waals surface area contributed by atoms with E-state index < -0.39 is 5.60 Å². The van der Waals surface area contributed by atoms with Crippen LogP contribution in [0, 0.1) is 0 Å². The molecule has 0 radical (unpaired) electrons. The maximum atomic E-state index is 12.6. The molecular formula is C23H34N2O3. The maximum absolute atomic E-state index is 12.6. The Balaban J connectivity index is 1.80. The third-order valence-corrected chi connectivity index (χ3v) is 5.03. The molecule has 1 aromatic carbocycles. The van der Waals surface area contributed by atoms with Gasteiger partial charge in [-0.15, -0.1) is 0 Å². The van der Waals surface area contributed by atoms with Crippen molar-refractivity contribution in [1.29, 1.82) is 0 Å². The SMILES string of the molecule is C/C(=C/C(=O)N1CCC(N(C)C(=O)OC(C)(C)C)CC1)CCc1ccccc1. The zero-order valence-corrected chi connectivity index (χ0v) is 17.9. The minimum absolute atomic E-state index is 0.0731. The number of ether oxygens (including phenoxy) is 1. The van der Waals surface area contributed by atoms with Crippen LogP contribution in [-0.4, -0.2) is 53.6 Å². The number of rotatable bonds is 5. The number of hydrogen-bond donors (Lipinski definition) is 0. The number of likely N-dealkylation sites (tertiary alicyclic amines) is 1. The first-order valence-electron chi connectivity index (χ1n) is 10.1. The van der Waals surface area contributed by atoms with Crippen molar-refractivity contribution >= 4 is 12.0 Å². The molecule has 5 nitrogen and oxygen atoms in total. The van der Waals surface area contributed by atoms with Crippen LogP contribution in [0.4, 0.5) is 4.79 Å². The number of piperidine rings is 1. The topological polar surface area (TPSA) is 49.9 Å². The second-order valence-corrected chi connectivity index (χ2v) is 8.62. The second kappa shape index (κ2) is 9.76. The lowest BCUT2D eigenvalue weighted by atomic mass is 10.0. The first kappa shape index (κ1) is 22.0. The van der Waals surface area contributed by atoms with Crippen LogP contribution in [0.2, 0.25) is 0 Å². The standard InChI is InChI=1S/C23H34N2O3/c1-18(11-12-19-9-7-6-8-10-19)17-21(26)25-15-13-20(14-16-25)24(5)22(27)28-23(2,3)4/h6-10,17,20H,11-16H2,1-5H3/b18-17-. The van der Waals surface area contributed by atoms with Crippen LogP contribution < -0.4 is 0 Å². The Morgan fingerprint density at radius 2 is 1.79 bits per heavy atom. The summed E-state index contributed by atoms with van der Waals surface area (Å²) >= 11 is 0. The Morgan fingerprint density at radius 1 is 1.18 bits per heavy atom. The molecule has 28 heavy (non-hydrogen) atoms. The summed E-state index contributed by atoms with van der Waals surface area (Å²) < 4.78 is 5.44. The highest BCUT2D eigenvalue weighted by molar-refractivity contribution is 5.88. The summed E-state index contributed by atoms with van der Waals surface area (Å²) in [5.74, 6) is 0.0731. The molecule has 0 unspecified atom stereocenters. The van der Waals surface area contributed by atoms with Crippen molar-refractivity contribution < 1.29 is 14.3 Å². The zero-order chi connectivity index (χ0) is 20.7. The summed E-state index contributed by atoms with van der Waals surface area (Å²) in [6, 6.07) is 10.4. The van der Waals surface area contributed by atoms with Crippen LogP contribution in [-0.2, 0) is 16.0 Å². The van der Waals surface area contributed by atoms with E-state index in [2.05, 4.69) is 12.1 Å². The van der Waals surface area contributed by atoms with Crippen molar-refractivity contribution in [3.05, 3.63) is 47.5 Å². The lowest BCUT2D eigenvalue weighted by Gasteiger charge is -2.37. The van der Waals surface area contributed by atoms with E-state index in [0.29, 0.717) is 13.1 Å². The van der Waals surface area contributed by atoms with E-state index >= 15 is 0 Å². The Bertz CT molecular complexity index is 684. The number of aryl methyl sites for hydroxylation is 1. The summed E-state index contributed by atoms with van der Waals surface area (Å²) in [6.45, 7) is 8.95. The third-order valence-electron chi connectivity index (χ3n) is 5.03. The minimum atomic E-state index is -0.496. The van der Waals surface area contributed by atoms with Crippen molar-refractivity contribution in [2.24, 2.45) is 0 Å². The summed E-state index contributed by atoms with van der Waals surface area (Å²) in [5, 5.41) is 0. The number of amides is 2. The van der Waals surface area contributed by atoms with Crippen molar-refractivity contribution in [3.63, 3.8) is 0 Å². The van der Waals surface area contributed by atoms with Crippen LogP contribution in [0.5, 0.6) is 0 Å². The molecule has 1 aliphatic heterocycles. The smallest absolute Gasteiger partial charge is 0.410 e. The fourth-order valence-electron chi connectivity index (χ4n) is 3.32. The van der Waals surface area contributed by atoms with Crippen LogP contribution in [0.15, 0.2) is 42.0 Å². The Labute approximate surface area is 169 Å². The fourth-order valence-corrected chi connectivity index (χ4v) is 3.32. The monoisotopic (exact) mass is 386 g/mol. The molecule has 1 saturated heterocycles. The van der Waals surface area contributed by atoms with Gasteiger partial charge < -0.3 is 14.5 Å². The van der Waals surface area contributed by atoms with Crippen molar-refractivity contribution in [3.8, 4) is 0 Å². The van der Waals surface area contributed by atoms with Crippen LogP contribution >= 0.6 is 0 Å². The molecule has 0 atom stereocenters. The normalized spacial score (nSPS) is 16.0. The van der Waals surface area contributed by atoms with Crippen LogP contribution in [0.3, 0.4) is 0 Å². The van der Waals surface area contributed by atoms with Gasteiger partial charge in [0.25, 0.3) is 0 Å². The van der Waals surface area contributed by atoms with Crippen molar-refractivity contribution in [2.75, 3.05) is 20.1 Å². The molecule has 0 spiro atoms. The number of hydrogen-bond acceptors (Lipinski definition) is 3. The first-order valence-corrected chi connectivity index (χ1v) is 10.1. The number of carbonyl (C=O) groups is 2. The van der Waals surface area contributed by atoms with E-state index in [1.54, 1.807) is 18.0 Å². The first-order chi connectivity index (χ1) is 13.2. The predicted molar refractivity (Wildman–Crippen MR) is 112 cm³/mol. The molecule has 0 N–H and O–H groups in total. The summed E-state index contributed by atoms with van der Waals surface area (Å²) in [5.41, 5.74) is 1.89. The Morgan fingerprint density at radius 3 is 2.36 bits per heavy atom. The van der Waals surface area contributed by atoms with Gasteiger partial charge in [0.05, 0.1) is 0 Å². The lowest BCUT2D eigenvalue weighted by Crippen LogP contribution is -2.48. The summed E-state index contributed by atoms with van der Waals surface area (Å²) in [7, 11) is 1.78. The molecule has 5 heteroatoms. The molecule has 2 rings (SSSR count). The molecule has 2 amide bonds. The largest absolute Gasteiger partial charge is 0.444 e. The van der Waals surface area contributed by atoms with Crippen LogP contribution in [0.1, 0.15) is 52.5 Å². The van der Waals surface area contributed by atoms with Gasteiger partial charge in [0.2, 0.25) is 5.91 Å². The minimum Gasteiger partial charge on any atom is -0.444 e. The van der Waals surface area contributed by atoms with Gasteiger partial charge in [-0.3, -0.25) is 4.79 Å². The van der Waals surface area contributed by atoms with E-state index in [9.17, 15) is 9.59 Å². The molecule has 1 aromatic rings. The number of benzene rings is 1. The van der Waals surface area contributed by atoms with Crippen molar-refractivity contribution in [2.45, 2.75) is 65.0 Å². The quantitative estimate of drug-likeness (QED) is 0.704. The molecule has 1 fully saturated rings. The van der Waals surface area contributed by atoms with E-state index in [1.165, 1.54) is 5.56 Å². The molecule has 0 aliphatic carbocycles. The summed E-state index contributed by atoms with van der Waals surface area (Å²) in [6.07, 6.45) is 4.85. The summed E-state index contributed by atoms with van der Waals surface area (Å²) in [4.78, 5) is 28.3. The molecule has 154 valence electrons. The molecular weight excluding hydrogens is 352 g/mol. The van der Waals surface area contributed by atoms with E-state index in [0.717, 1.165) is 31.3 Å². The average molecular weight is 387 g/mol. The Kier molecular flexibility index (Phi) is 7.67. The fraction of sp³-hybridized carbons (Fsp3) is 0.565. The Hall–Kier alpha value is -2.30. The van der Waals surface area contributed by atoms with Gasteiger partial charge in [-0.1, -0.05) is 35.9 Å². The van der Waals surface area contributed by atoms with Gasteiger partial charge in [0.15, 0.2) is 0 Å². The highest BCUT2D eigenvalue weighted by Crippen LogP contribution is 2.19. The average Bonchev–Trinajstić information content (AvgIpc) is 2.65. The van der Waals surface area contributed by atoms with Gasteiger partial charge in [-0.2, -0.15) is 0 Å². The van der Waals surface area contributed by atoms with Gasteiger partial charge >= 0.3 is 6.09 Å². The molecule has 1 heterocycles. The lowest BCUT2D eigenvalue weighted by molar-refractivity contribution is -0.127. The highest BCUT2D eigenvalue weighted by atomic mass is 16.6. The molecule has 0 bridgehead atoms. The number of carbonyl (C=O) groups excluding carboxylic acids is 2. The number of nitrogens with zero attached hydrogens (tertiary/aromatic N) is 2. The number of allylic oxidation sites excluding steroid dienone is 1. The second-order valence-electron chi connectivity index (χ2n) is 8.62. The third kappa shape index (κ3) is 7.02.